The monoisotopic (exact) mass is 408 g/mol. The van der Waals surface area contributed by atoms with Gasteiger partial charge in [0.2, 0.25) is 0 Å². The van der Waals surface area contributed by atoms with Crippen molar-refractivity contribution in [2.24, 2.45) is 0 Å². The van der Waals surface area contributed by atoms with Crippen LogP contribution in [0.15, 0.2) is 72.8 Å². The molecule has 31 heavy (non-hydrogen) atoms. The van der Waals surface area contributed by atoms with Gasteiger partial charge in [-0.15, -0.1) is 0 Å². The van der Waals surface area contributed by atoms with Crippen LogP contribution in [0.1, 0.15) is 45.7 Å². The maximum atomic E-state index is 13.4. The van der Waals surface area contributed by atoms with Gasteiger partial charge in [0.15, 0.2) is 5.78 Å². The molecule has 0 radical (unpaired) electrons. The SMILES string of the molecule is CCc1ccc(-c2nc3ccccc3c(C(=O)Nc3cccc(C(C)=O)c3)c2C)cc1. The molecule has 1 heterocycles. The second-order valence-electron chi connectivity index (χ2n) is 7.62. The number of hydrogen-bond acceptors (Lipinski definition) is 3. The number of fused-ring (bicyclic) bond motifs is 1. The summed E-state index contributed by atoms with van der Waals surface area (Å²) in [4.78, 5) is 30.0. The van der Waals surface area contributed by atoms with Crippen LogP contribution in [-0.4, -0.2) is 16.7 Å². The molecule has 1 amide bonds. The topological polar surface area (TPSA) is 59.1 Å². The molecule has 4 rings (SSSR count). The number of benzene rings is 3. The molecule has 0 fully saturated rings. The molecule has 0 atom stereocenters. The number of rotatable bonds is 5. The highest BCUT2D eigenvalue weighted by atomic mass is 16.1. The Balaban J connectivity index is 1.82. The number of nitrogens with zero attached hydrogens (tertiary/aromatic N) is 1. The maximum absolute atomic E-state index is 13.4. The van der Waals surface area contributed by atoms with Gasteiger partial charge in [-0.25, -0.2) is 4.98 Å². The van der Waals surface area contributed by atoms with E-state index >= 15 is 0 Å². The number of nitrogens with one attached hydrogen (secondary N) is 1. The molecule has 4 aromatic rings. The molecule has 0 aliphatic carbocycles. The summed E-state index contributed by atoms with van der Waals surface area (Å²) in [5.41, 5.74) is 6.36. The summed E-state index contributed by atoms with van der Waals surface area (Å²) in [7, 11) is 0. The predicted molar refractivity (Wildman–Crippen MR) is 126 cm³/mol. The minimum atomic E-state index is -0.219. The Morgan fingerprint density at radius 2 is 1.68 bits per heavy atom. The normalized spacial score (nSPS) is 10.8. The number of carbonyl (C=O) groups excluding carboxylic acids is 2. The average molecular weight is 409 g/mol. The summed E-state index contributed by atoms with van der Waals surface area (Å²) in [6.07, 6.45) is 0.970. The first-order chi connectivity index (χ1) is 15.0. The molecule has 0 unspecified atom stereocenters. The summed E-state index contributed by atoms with van der Waals surface area (Å²) in [5.74, 6) is -0.261. The van der Waals surface area contributed by atoms with Crippen molar-refractivity contribution in [3.63, 3.8) is 0 Å². The Morgan fingerprint density at radius 1 is 0.935 bits per heavy atom. The van der Waals surface area contributed by atoms with E-state index in [9.17, 15) is 9.59 Å². The molecule has 3 aromatic carbocycles. The zero-order valence-corrected chi connectivity index (χ0v) is 17.9. The molecule has 1 aromatic heterocycles. The van der Waals surface area contributed by atoms with Crippen LogP contribution in [0.2, 0.25) is 0 Å². The van der Waals surface area contributed by atoms with Gasteiger partial charge in [0.25, 0.3) is 5.91 Å². The Morgan fingerprint density at radius 3 is 2.39 bits per heavy atom. The van der Waals surface area contributed by atoms with Crippen LogP contribution >= 0.6 is 0 Å². The molecular weight excluding hydrogens is 384 g/mol. The molecule has 0 saturated carbocycles. The van der Waals surface area contributed by atoms with Gasteiger partial charge in [-0.1, -0.05) is 61.5 Å². The standard InChI is InChI=1S/C27H24N2O2/c1-4-19-12-14-20(15-13-19)26-17(2)25(23-10-5-6-11-24(23)29-26)27(31)28-22-9-7-8-21(16-22)18(3)30/h5-16H,4H2,1-3H3,(H,28,31). The predicted octanol–water partition coefficient (Wildman–Crippen LogP) is 6.23. The van der Waals surface area contributed by atoms with Crippen LogP contribution in [0.4, 0.5) is 5.69 Å². The van der Waals surface area contributed by atoms with E-state index in [-0.39, 0.29) is 11.7 Å². The minimum Gasteiger partial charge on any atom is -0.322 e. The lowest BCUT2D eigenvalue weighted by atomic mass is 9.96. The van der Waals surface area contributed by atoms with Gasteiger partial charge in [-0.2, -0.15) is 0 Å². The molecule has 1 N–H and O–H groups in total. The summed E-state index contributed by atoms with van der Waals surface area (Å²) >= 11 is 0. The second kappa shape index (κ2) is 8.52. The fourth-order valence-electron chi connectivity index (χ4n) is 3.79. The molecule has 0 aliphatic rings. The fraction of sp³-hybridized carbons (Fsp3) is 0.148. The highest BCUT2D eigenvalue weighted by molar-refractivity contribution is 6.14. The first-order valence-electron chi connectivity index (χ1n) is 10.4. The van der Waals surface area contributed by atoms with Crippen molar-refractivity contribution < 1.29 is 9.59 Å². The molecule has 0 spiro atoms. The summed E-state index contributed by atoms with van der Waals surface area (Å²) in [5, 5.41) is 3.76. The van der Waals surface area contributed by atoms with Gasteiger partial charge in [-0.3, -0.25) is 9.59 Å². The Kier molecular flexibility index (Phi) is 5.63. The van der Waals surface area contributed by atoms with Crippen LogP contribution in [-0.2, 0) is 6.42 Å². The quantitative estimate of drug-likeness (QED) is 0.398. The number of aromatic nitrogens is 1. The van der Waals surface area contributed by atoms with Gasteiger partial charge in [0, 0.05) is 22.2 Å². The first kappa shape index (κ1) is 20.5. The van der Waals surface area contributed by atoms with Crippen molar-refractivity contribution >= 4 is 28.3 Å². The third-order valence-electron chi connectivity index (χ3n) is 5.53. The van der Waals surface area contributed by atoms with E-state index in [2.05, 4.69) is 36.5 Å². The zero-order valence-electron chi connectivity index (χ0n) is 17.9. The van der Waals surface area contributed by atoms with Gasteiger partial charge in [-0.05, 0) is 49.6 Å². The third-order valence-corrected chi connectivity index (χ3v) is 5.53. The maximum Gasteiger partial charge on any atom is 0.256 e. The van der Waals surface area contributed by atoms with Crippen molar-refractivity contribution in [2.75, 3.05) is 5.32 Å². The van der Waals surface area contributed by atoms with Gasteiger partial charge in [0.05, 0.1) is 16.8 Å². The Hall–Kier alpha value is -3.79. The fourth-order valence-corrected chi connectivity index (χ4v) is 3.79. The first-order valence-corrected chi connectivity index (χ1v) is 10.4. The number of aryl methyl sites for hydroxylation is 1. The number of Topliss-reactive ketones (excluding diaryl/α,β-unsaturated/α-hetero) is 1. The largest absolute Gasteiger partial charge is 0.322 e. The highest BCUT2D eigenvalue weighted by Gasteiger charge is 2.19. The number of carbonyl (C=O) groups is 2. The van der Waals surface area contributed by atoms with E-state index in [1.54, 1.807) is 24.3 Å². The number of ketones is 1. The summed E-state index contributed by atoms with van der Waals surface area (Å²) in [6, 6.07) is 23.0. The average Bonchev–Trinajstić information content (AvgIpc) is 2.78. The van der Waals surface area contributed by atoms with Gasteiger partial charge >= 0.3 is 0 Å². The second-order valence-corrected chi connectivity index (χ2v) is 7.62. The lowest BCUT2D eigenvalue weighted by Crippen LogP contribution is -2.15. The molecule has 0 aliphatic heterocycles. The number of pyridine rings is 1. The van der Waals surface area contributed by atoms with E-state index < -0.39 is 0 Å². The van der Waals surface area contributed by atoms with Crippen molar-refractivity contribution in [3.05, 3.63) is 95.1 Å². The van der Waals surface area contributed by atoms with Crippen molar-refractivity contribution in [2.45, 2.75) is 27.2 Å². The smallest absolute Gasteiger partial charge is 0.256 e. The third kappa shape index (κ3) is 4.10. The van der Waals surface area contributed by atoms with E-state index in [0.717, 1.165) is 34.1 Å². The number of amides is 1. The summed E-state index contributed by atoms with van der Waals surface area (Å²) < 4.78 is 0. The number of anilines is 1. The van der Waals surface area contributed by atoms with Gasteiger partial charge < -0.3 is 5.32 Å². The molecule has 4 heteroatoms. The summed E-state index contributed by atoms with van der Waals surface area (Å²) in [6.45, 7) is 5.57. The zero-order chi connectivity index (χ0) is 22.0. The van der Waals surface area contributed by atoms with E-state index in [1.165, 1.54) is 12.5 Å². The Labute approximate surface area is 182 Å². The van der Waals surface area contributed by atoms with Crippen LogP contribution < -0.4 is 5.32 Å². The van der Waals surface area contributed by atoms with Crippen LogP contribution in [0, 0.1) is 6.92 Å². The van der Waals surface area contributed by atoms with E-state index in [1.807, 2.05) is 31.2 Å². The molecule has 0 saturated heterocycles. The highest BCUT2D eigenvalue weighted by Crippen LogP contribution is 2.30. The van der Waals surface area contributed by atoms with Gasteiger partial charge in [0.1, 0.15) is 0 Å². The minimum absolute atomic E-state index is 0.0422. The lowest BCUT2D eigenvalue weighted by Gasteiger charge is -2.15. The number of hydrogen-bond donors (Lipinski definition) is 1. The number of para-hydroxylation sites is 1. The van der Waals surface area contributed by atoms with Crippen molar-refractivity contribution in [1.29, 1.82) is 0 Å². The van der Waals surface area contributed by atoms with Crippen LogP contribution in [0.25, 0.3) is 22.2 Å². The van der Waals surface area contributed by atoms with E-state index in [0.29, 0.717) is 16.8 Å². The Bertz CT molecular complexity index is 1290. The van der Waals surface area contributed by atoms with Crippen LogP contribution in [0.3, 0.4) is 0 Å². The molecule has 0 bridgehead atoms. The molecule has 154 valence electrons. The van der Waals surface area contributed by atoms with Crippen LogP contribution in [0.5, 0.6) is 0 Å². The van der Waals surface area contributed by atoms with Crippen molar-refractivity contribution in [1.82, 2.24) is 4.98 Å². The molecule has 4 nitrogen and oxygen atoms in total. The van der Waals surface area contributed by atoms with Crippen molar-refractivity contribution in [3.8, 4) is 11.3 Å². The lowest BCUT2D eigenvalue weighted by molar-refractivity contribution is 0.101. The van der Waals surface area contributed by atoms with E-state index in [4.69, 9.17) is 4.98 Å². The molecular formula is C27H24N2O2.